The number of piperazine rings is 1. The van der Waals surface area contributed by atoms with Crippen molar-refractivity contribution in [1.29, 1.82) is 0 Å². The minimum absolute atomic E-state index is 0.204. The number of aromatic nitrogens is 1. The predicted octanol–water partition coefficient (Wildman–Crippen LogP) is 4.77. The molecule has 1 saturated heterocycles. The number of hydrogen-bond donors (Lipinski definition) is 1. The minimum Gasteiger partial charge on any atom is -0.465 e. The molecule has 1 aliphatic rings. The molecule has 38 heavy (non-hydrogen) atoms. The summed E-state index contributed by atoms with van der Waals surface area (Å²) < 4.78 is 44.7. The molecule has 1 aromatic heterocycles. The van der Waals surface area contributed by atoms with Crippen molar-refractivity contribution in [1.82, 2.24) is 14.8 Å². The van der Waals surface area contributed by atoms with Crippen LogP contribution in [0.2, 0.25) is 0 Å². The van der Waals surface area contributed by atoms with E-state index in [-0.39, 0.29) is 17.6 Å². The summed E-state index contributed by atoms with van der Waals surface area (Å²) >= 11 is 0. The lowest BCUT2D eigenvalue weighted by molar-refractivity contribution is -0.258. The van der Waals surface area contributed by atoms with E-state index in [1.807, 2.05) is 36.4 Å². The standard InChI is InChI=1S/C29H32F3N3O3/c1-3-38-27(36)26-20-34(16-17-35(26)19-22-12-14-33-15-13-22)18-21-4-6-23(7-5-21)24-8-10-25(11-9-24)28(2,37)29(30,31)32/h4-15,26,37H,3,16-20H2,1-2H3/t26-,28?/m1/s1. The second kappa shape index (κ2) is 11.6. The maximum atomic E-state index is 13.1. The fraction of sp³-hybridized carbons (Fsp3) is 0.379. The number of esters is 1. The van der Waals surface area contributed by atoms with E-state index in [9.17, 15) is 23.1 Å². The molecular formula is C29H32F3N3O3. The third kappa shape index (κ3) is 6.40. The summed E-state index contributed by atoms with van der Waals surface area (Å²) in [4.78, 5) is 21.2. The Hall–Kier alpha value is -3.27. The van der Waals surface area contributed by atoms with Crippen LogP contribution >= 0.6 is 0 Å². The molecule has 3 aromatic rings. The van der Waals surface area contributed by atoms with Gasteiger partial charge < -0.3 is 9.84 Å². The molecule has 202 valence electrons. The Morgan fingerprint density at radius 1 is 0.947 bits per heavy atom. The lowest BCUT2D eigenvalue weighted by atomic mass is 9.93. The van der Waals surface area contributed by atoms with E-state index in [0.717, 1.165) is 42.3 Å². The quantitative estimate of drug-likeness (QED) is 0.426. The van der Waals surface area contributed by atoms with E-state index >= 15 is 0 Å². The molecule has 1 unspecified atom stereocenters. The number of carbonyl (C=O) groups excluding carboxylic acids is 1. The zero-order valence-electron chi connectivity index (χ0n) is 21.5. The van der Waals surface area contributed by atoms with Crippen LogP contribution in [0.3, 0.4) is 0 Å². The van der Waals surface area contributed by atoms with Crippen LogP contribution in [0, 0.1) is 0 Å². The SMILES string of the molecule is CCOC(=O)[C@H]1CN(Cc2ccc(-c3ccc(C(C)(O)C(F)(F)F)cc3)cc2)CCN1Cc1ccncc1. The van der Waals surface area contributed by atoms with Gasteiger partial charge in [-0.1, -0.05) is 48.5 Å². The zero-order chi connectivity index (χ0) is 27.3. The molecule has 1 fully saturated rings. The number of nitrogens with zero attached hydrogens (tertiary/aromatic N) is 3. The number of hydrogen-bond acceptors (Lipinski definition) is 6. The van der Waals surface area contributed by atoms with Gasteiger partial charge in [0, 0.05) is 45.1 Å². The van der Waals surface area contributed by atoms with Crippen LogP contribution in [0.25, 0.3) is 11.1 Å². The Morgan fingerprint density at radius 2 is 1.53 bits per heavy atom. The Balaban J connectivity index is 1.41. The van der Waals surface area contributed by atoms with Gasteiger partial charge >= 0.3 is 12.1 Å². The second-order valence-corrected chi connectivity index (χ2v) is 9.67. The summed E-state index contributed by atoms with van der Waals surface area (Å²) in [6, 6.07) is 17.1. The Kier molecular flexibility index (Phi) is 8.50. The van der Waals surface area contributed by atoms with Gasteiger partial charge in [-0.15, -0.1) is 0 Å². The monoisotopic (exact) mass is 527 g/mol. The number of halogens is 3. The highest BCUT2D eigenvalue weighted by Crippen LogP contribution is 2.39. The normalized spacial score (nSPS) is 18.6. The van der Waals surface area contributed by atoms with E-state index in [2.05, 4.69) is 14.8 Å². The highest BCUT2D eigenvalue weighted by Gasteiger charge is 2.51. The van der Waals surface area contributed by atoms with Crippen LogP contribution in [0.1, 0.15) is 30.5 Å². The molecule has 0 spiro atoms. The molecular weight excluding hydrogens is 495 g/mol. The second-order valence-electron chi connectivity index (χ2n) is 9.67. The van der Waals surface area contributed by atoms with Crippen molar-refractivity contribution < 1.29 is 27.8 Å². The third-order valence-corrected chi connectivity index (χ3v) is 6.96. The highest BCUT2D eigenvalue weighted by molar-refractivity contribution is 5.76. The molecule has 2 heterocycles. The van der Waals surface area contributed by atoms with Crippen molar-refractivity contribution in [2.45, 2.75) is 44.8 Å². The molecule has 4 rings (SSSR count). The van der Waals surface area contributed by atoms with Gasteiger partial charge in [-0.2, -0.15) is 13.2 Å². The average Bonchev–Trinajstić information content (AvgIpc) is 2.90. The van der Waals surface area contributed by atoms with E-state index < -0.39 is 11.8 Å². The first-order valence-corrected chi connectivity index (χ1v) is 12.6. The van der Waals surface area contributed by atoms with Gasteiger partial charge in [0.25, 0.3) is 0 Å². The molecule has 6 nitrogen and oxygen atoms in total. The van der Waals surface area contributed by atoms with E-state index in [1.165, 1.54) is 12.1 Å². The average molecular weight is 528 g/mol. The lowest BCUT2D eigenvalue weighted by Gasteiger charge is -2.40. The van der Waals surface area contributed by atoms with E-state index in [4.69, 9.17) is 4.74 Å². The van der Waals surface area contributed by atoms with Crippen LogP contribution in [0.5, 0.6) is 0 Å². The highest BCUT2D eigenvalue weighted by atomic mass is 19.4. The maximum Gasteiger partial charge on any atom is 0.421 e. The number of carbonyl (C=O) groups is 1. The molecule has 9 heteroatoms. The molecule has 0 amide bonds. The first kappa shape index (κ1) is 27.8. The smallest absolute Gasteiger partial charge is 0.421 e. The summed E-state index contributed by atoms with van der Waals surface area (Å²) in [7, 11) is 0. The molecule has 1 N–H and O–H groups in total. The molecule has 0 aliphatic carbocycles. The fourth-order valence-corrected chi connectivity index (χ4v) is 4.61. The Bertz CT molecular complexity index is 1200. The maximum absolute atomic E-state index is 13.1. The number of rotatable bonds is 8. The van der Waals surface area contributed by atoms with Crippen LogP contribution in [0.4, 0.5) is 13.2 Å². The molecule has 2 aromatic carbocycles. The molecule has 0 bridgehead atoms. The summed E-state index contributed by atoms with van der Waals surface area (Å²) in [5.41, 5.74) is 0.663. The van der Waals surface area contributed by atoms with Crippen molar-refractivity contribution in [3.8, 4) is 11.1 Å². The van der Waals surface area contributed by atoms with Crippen molar-refractivity contribution in [2.24, 2.45) is 0 Å². The molecule has 0 radical (unpaired) electrons. The third-order valence-electron chi connectivity index (χ3n) is 6.96. The van der Waals surface area contributed by atoms with Gasteiger partial charge in [0.05, 0.1) is 6.61 Å². The van der Waals surface area contributed by atoms with Gasteiger partial charge in [-0.3, -0.25) is 19.6 Å². The Morgan fingerprint density at radius 3 is 2.11 bits per heavy atom. The van der Waals surface area contributed by atoms with Crippen molar-refractivity contribution in [3.63, 3.8) is 0 Å². The number of alkyl halides is 3. The van der Waals surface area contributed by atoms with Gasteiger partial charge in [0.1, 0.15) is 6.04 Å². The van der Waals surface area contributed by atoms with E-state index in [1.54, 1.807) is 31.5 Å². The lowest BCUT2D eigenvalue weighted by Crippen LogP contribution is -2.56. The number of benzene rings is 2. The summed E-state index contributed by atoms with van der Waals surface area (Å²) in [6.07, 6.45) is -1.27. The number of aliphatic hydroxyl groups is 1. The minimum atomic E-state index is -4.76. The Labute approximate surface area is 220 Å². The first-order valence-electron chi connectivity index (χ1n) is 12.6. The van der Waals surface area contributed by atoms with Crippen molar-refractivity contribution in [3.05, 3.63) is 89.7 Å². The van der Waals surface area contributed by atoms with Gasteiger partial charge in [-0.05, 0) is 53.8 Å². The van der Waals surface area contributed by atoms with Crippen LogP contribution in [-0.2, 0) is 28.2 Å². The van der Waals surface area contributed by atoms with Crippen LogP contribution < -0.4 is 0 Å². The summed E-state index contributed by atoms with van der Waals surface area (Å²) in [5, 5.41) is 9.88. The largest absolute Gasteiger partial charge is 0.465 e. The first-order chi connectivity index (χ1) is 18.1. The van der Waals surface area contributed by atoms with Gasteiger partial charge in [-0.25, -0.2) is 0 Å². The van der Waals surface area contributed by atoms with Crippen molar-refractivity contribution in [2.75, 3.05) is 26.2 Å². The molecule has 1 aliphatic heterocycles. The van der Waals surface area contributed by atoms with Crippen LogP contribution in [-0.4, -0.2) is 64.3 Å². The number of ether oxygens (including phenoxy) is 1. The summed E-state index contributed by atoms with van der Waals surface area (Å²) in [6.45, 7) is 6.25. The summed E-state index contributed by atoms with van der Waals surface area (Å²) in [5.74, 6) is -0.227. The van der Waals surface area contributed by atoms with Gasteiger partial charge in [0.15, 0.2) is 5.60 Å². The molecule has 0 saturated carbocycles. The fourth-order valence-electron chi connectivity index (χ4n) is 4.61. The number of pyridine rings is 1. The predicted molar refractivity (Wildman–Crippen MR) is 138 cm³/mol. The zero-order valence-corrected chi connectivity index (χ0v) is 21.5. The van der Waals surface area contributed by atoms with Crippen molar-refractivity contribution >= 4 is 5.97 Å². The van der Waals surface area contributed by atoms with Crippen LogP contribution in [0.15, 0.2) is 73.1 Å². The van der Waals surface area contributed by atoms with E-state index in [0.29, 0.717) is 26.2 Å². The topological polar surface area (TPSA) is 65.9 Å². The van der Waals surface area contributed by atoms with Gasteiger partial charge in [0.2, 0.25) is 0 Å². The molecule has 2 atom stereocenters.